The van der Waals surface area contributed by atoms with Crippen LogP contribution in [0.2, 0.25) is 0 Å². The highest BCUT2D eigenvalue weighted by atomic mass is 16.2. The van der Waals surface area contributed by atoms with E-state index in [0.717, 1.165) is 18.3 Å². The molecule has 3 atom stereocenters. The van der Waals surface area contributed by atoms with E-state index in [0.29, 0.717) is 6.04 Å². The molecule has 3 N–H and O–H groups in total. The zero-order chi connectivity index (χ0) is 7.84. The summed E-state index contributed by atoms with van der Waals surface area (Å²) in [6, 6.07) is 0.0359. The molecule has 62 valence electrons. The first-order chi connectivity index (χ1) is 5.25. The Balaban J connectivity index is 1.92. The summed E-state index contributed by atoms with van der Waals surface area (Å²) in [5.41, 5.74) is 5.05. The van der Waals surface area contributed by atoms with E-state index >= 15 is 0 Å². The maximum atomic E-state index is 10.5. The van der Waals surface area contributed by atoms with E-state index in [2.05, 4.69) is 5.32 Å². The third-order valence-electron chi connectivity index (χ3n) is 3.07. The monoisotopic (exact) mass is 154 g/mol. The average molecular weight is 154 g/mol. The van der Waals surface area contributed by atoms with Gasteiger partial charge in [-0.25, -0.2) is 4.79 Å². The van der Waals surface area contributed by atoms with E-state index in [-0.39, 0.29) is 6.03 Å². The molecule has 0 aromatic heterocycles. The molecule has 2 saturated carbocycles. The Bertz CT molecular complexity index is 181. The Hall–Kier alpha value is -0.730. The Labute approximate surface area is 66.3 Å². The number of nitrogens with one attached hydrogen (secondary N) is 1. The number of hydrogen-bond donors (Lipinski definition) is 2. The van der Waals surface area contributed by atoms with Gasteiger partial charge in [-0.2, -0.15) is 0 Å². The summed E-state index contributed by atoms with van der Waals surface area (Å²) in [6.07, 6.45) is 5.12. The van der Waals surface area contributed by atoms with Gasteiger partial charge in [-0.1, -0.05) is 6.42 Å². The number of carbonyl (C=O) groups excluding carboxylic acids is 1. The van der Waals surface area contributed by atoms with Crippen molar-refractivity contribution in [1.29, 1.82) is 0 Å². The van der Waals surface area contributed by atoms with E-state index in [1.165, 1.54) is 19.3 Å². The maximum Gasteiger partial charge on any atom is 0.312 e. The first-order valence-electron chi connectivity index (χ1n) is 4.31. The highest BCUT2D eigenvalue weighted by Crippen LogP contribution is 2.44. The first kappa shape index (κ1) is 6.95. The van der Waals surface area contributed by atoms with Crippen LogP contribution in [-0.4, -0.2) is 12.1 Å². The Morgan fingerprint density at radius 1 is 1.36 bits per heavy atom. The molecule has 2 aliphatic carbocycles. The molecule has 0 radical (unpaired) electrons. The van der Waals surface area contributed by atoms with Crippen LogP contribution in [0.3, 0.4) is 0 Å². The fourth-order valence-electron chi connectivity index (χ4n) is 2.60. The summed E-state index contributed by atoms with van der Waals surface area (Å²) < 4.78 is 0. The lowest BCUT2D eigenvalue weighted by Crippen LogP contribution is -2.41. The third kappa shape index (κ3) is 1.19. The molecule has 0 unspecified atom stereocenters. The summed E-state index contributed by atoms with van der Waals surface area (Å²) in [5.74, 6) is 1.60. The van der Waals surface area contributed by atoms with Crippen LogP contribution in [0.15, 0.2) is 0 Å². The summed E-state index contributed by atoms with van der Waals surface area (Å²) in [5, 5.41) is 2.81. The maximum absolute atomic E-state index is 10.5. The number of urea groups is 1. The van der Waals surface area contributed by atoms with Crippen LogP contribution in [-0.2, 0) is 0 Å². The van der Waals surface area contributed by atoms with Gasteiger partial charge in [0, 0.05) is 6.04 Å². The number of amides is 2. The molecule has 0 aromatic carbocycles. The SMILES string of the molecule is NC(=O)N[C@H]1C[C@H]2CC[C@H]1C2. The van der Waals surface area contributed by atoms with Crippen LogP contribution in [0, 0.1) is 11.8 Å². The van der Waals surface area contributed by atoms with E-state index in [1.807, 2.05) is 0 Å². The van der Waals surface area contributed by atoms with E-state index in [4.69, 9.17) is 5.73 Å². The third-order valence-corrected chi connectivity index (χ3v) is 3.07. The number of hydrogen-bond acceptors (Lipinski definition) is 1. The Morgan fingerprint density at radius 3 is 2.64 bits per heavy atom. The van der Waals surface area contributed by atoms with Crippen LogP contribution in [0.5, 0.6) is 0 Å². The number of primary amides is 1. The van der Waals surface area contributed by atoms with Crippen LogP contribution < -0.4 is 11.1 Å². The lowest BCUT2D eigenvalue weighted by molar-refractivity contribution is 0.239. The molecular formula is C8H14N2O. The summed E-state index contributed by atoms with van der Waals surface area (Å²) >= 11 is 0. The van der Waals surface area contributed by atoms with Crippen LogP contribution >= 0.6 is 0 Å². The van der Waals surface area contributed by atoms with Crippen molar-refractivity contribution in [3.05, 3.63) is 0 Å². The second-order valence-corrected chi connectivity index (χ2v) is 3.79. The largest absolute Gasteiger partial charge is 0.352 e. The number of fused-ring (bicyclic) bond motifs is 2. The van der Waals surface area contributed by atoms with Crippen LogP contribution in [0.4, 0.5) is 4.79 Å². The second-order valence-electron chi connectivity index (χ2n) is 3.79. The minimum Gasteiger partial charge on any atom is -0.352 e. The van der Waals surface area contributed by atoms with Gasteiger partial charge >= 0.3 is 6.03 Å². The standard InChI is InChI=1S/C8H14N2O/c9-8(11)10-7-4-5-1-2-6(7)3-5/h5-7H,1-4H2,(H3,9,10,11)/t5-,6-,7-/m0/s1. The number of rotatable bonds is 1. The van der Waals surface area contributed by atoms with E-state index in [1.54, 1.807) is 0 Å². The minimum atomic E-state index is -0.359. The number of carbonyl (C=O) groups is 1. The van der Waals surface area contributed by atoms with Gasteiger partial charge in [0.25, 0.3) is 0 Å². The lowest BCUT2D eigenvalue weighted by atomic mass is 9.96. The Morgan fingerprint density at radius 2 is 2.18 bits per heavy atom. The van der Waals surface area contributed by atoms with Gasteiger partial charge in [0.05, 0.1) is 0 Å². The zero-order valence-corrected chi connectivity index (χ0v) is 6.55. The minimum absolute atomic E-state index is 0.359. The molecule has 2 amide bonds. The van der Waals surface area contributed by atoms with Crippen LogP contribution in [0.1, 0.15) is 25.7 Å². The normalized spacial score (nSPS) is 40.9. The van der Waals surface area contributed by atoms with Crippen molar-refractivity contribution >= 4 is 6.03 Å². The zero-order valence-electron chi connectivity index (χ0n) is 6.55. The molecule has 2 aliphatic rings. The molecule has 0 aromatic rings. The summed E-state index contributed by atoms with van der Waals surface area (Å²) in [6.45, 7) is 0. The molecule has 0 saturated heterocycles. The molecular weight excluding hydrogens is 140 g/mol. The molecule has 3 nitrogen and oxygen atoms in total. The predicted octanol–water partition coefficient (Wildman–Crippen LogP) is 0.843. The quantitative estimate of drug-likeness (QED) is 0.577. The highest BCUT2D eigenvalue weighted by Gasteiger charge is 2.39. The van der Waals surface area contributed by atoms with Crippen molar-refractivity contribution in [2.45, 2.75) is 31.7 Å². The molecule has 2 rings (SSSR count). The topological polar surface area (TPSA) is 55.1 Å². The van der Waals surface area contributed by atoms with Crippen molar-refractivity contribution in [2.75, 3.05) is 0 Å². The van der Waals surface area contributed by atoms with Crippen LogP contribution in [0.25, 0.3) is 0 Å². The van der Waals surface area contributed by atoms with Gasteiger partial charge in [-0.15, -0.1) is 0 Å². The molecule has 3 heteroatoms. The molecule has 2 bridgehead atoms. The predicted molar refractivity (Wildman–Crippen MR) is 42.0 cm³/mol. The van der Waals surface area contributed by atoms with Gasteiger partial charge in [0.15, 0.2) is 0 Å². The van der Waals surface area contributed by atoms with Gasteiger partial charge in [-0.3, -0.25) is 0 Å². The van der Waals surface area contributed by atoms with Crippen molar-refractivity contribution in [2.24, 2.45) is 17.6 Å². The Kier molecular flexibility index (Phi) is 1.51. The second kappa shape index (κ2) is 2.40. The van der Waals surface area contributed by atoms with Crippen molar-refractivity contribution < 1.29 is 4.79 Å². The van der Waals surface area contributed by atoms with E-state index in [9.17, 15) is 4.79 Å². The molecule has 0 aliphatic heterocycles. The van der Waals surface area contributed by atoms with Gasteiger partial charge < -0.3 is 11.1 Å². The van der Waals surface area contributed by atoms with Gasteiger partial charge in [-0.05, 0) is 31.1 Å². The summed E-state index contributed by atoms with van der Waals surface area (Å²) in [4.78, 5) is 10.5. The van der Waals surface area contributed by atoms with Crippen molar-refractivity contribution in [1.82, 2.24) is 5.32 Å². The number of nitrogens with two attached hydrogens (primary N) is 1. The lowest BCUT2D eigenvalue weighted by Gasteiger charge is -2.21. The fourth-order valence-corrected chi connectivity index (χ4v) is 2.60. The molecule has 0 heterocycles. The average Bonchev–Trinajstić information content (AvgIpc) is 2.45. The smallest absolute Gasteiger partial charge is 0.312 e. The molecule has 11 heavy (non-hydrogen) atoms. The van der Waals surface area contributed by atoms with Crippen molar-refractivity contribution in [3.8, 4) is 0 Å². The van der Waals surface area contributed by atoms with Crippen molar-refractivity contribution in [3.63, 3.8) is 0 Å². The van der Waals surface area contributed by atoms with E-state index < -0.39 is 0 Å². The molecule has 0 spiro atoms. The fraction of sp³-hybridized carbons (Fsp3) is 0.875. The molecule has 2 fully saturated rings. The van der Waals surface area contributed by atoms with Gasteiger partial charge in [0.1, 0.15) is 0 Å². The highest BCUT2D eigenvalue weighted by molar-refractivity contribution is 5.72. The first-order valence-corrected chi connectivity index (χ1v) is 4.31. The summed E-state index contributed by atoms with van der Waals surface area (Å²) in [7, 11) is 0. The van der Waals surface area contributed by atoms with Gasteiger partial charge in [0.2, 0.25) is 0 Å².